The lowest BCUT2D eigenvalue weighted by Gasteiger charge is -2.08. The van der Waals surface area contributed by atoms with E-state index in [-0.39, 0.29) is 5.82 Å². The van der Waals surface area contributed by atoms with Gasteiger partial charge in [-0.1, -0.05) is 72.8 Å². The topological polar surface area (TPSA) is 0 Å². The number of rotatable bonds is 10. The smallest absolute Gasteiger partial charge is 0.127 e. The maximum atomic E-state index is 14.7. The van der Waals surface area contributed by atoms with Crippen LogP contribution in [0.2, 0.25) is 0 Å². The molecule has 0 fully saturated rings. The zero-order chi connectivity index (χ0) is 20.5. The highest BCUT2D eigenvalue weighted by Gasteiger charge is 2.06. The van der Waals surface area contributed by atoms with Crippen LogP contribution in [-0.2, 0) is 25.7 Å². The zero-order valence-electron chi connectivity index (χ0n) is 17.0. The summed E-state index contributed by atoms with van der Waals surface area (Å²) in [6.07, 6.45) is 9.40. The summed E-state index contributed by atoms with van der Waals surface area (Å²) < 4.78 is 14.7. The third kappa shape index (κ3) is 6.02. The molecule has 0 saturated carbocycles. The minimum Gasteiger partial charge on any atom is -0.207 e. The van der Waals surface area contributed by atoms with Crippen LogP contribution < -0.4 is 0 Å². The van der Waals surface area contributed by atoms with E-state index in [1.807, 2.05) is 24.3 Å². The Hall–Kier alpha value is -2.93. The molecule has 0 amide bonds. The Bertz CT molecular complexity index is 933. The average molecular weight is 385 g/mol. The second-order valence-electron chi connectivity index (χ2n) is 7.47. The van der Waals surface area contributed by atoms with Gasteiger partial charge in [-0.2, -0.15) is 0 Å². The van der Waals surface area contributed by atoms with Crippen molar-refractivity contribution in [3.05, 3.63) is 120 Å². The molecule has 3 rings (SSSR count). The van der Waals surface area contributed by atoms with Gasteiger partial charge in [0.2, 0.25) is 0 Å². The van der Waals surface area contributed by atoms with Gasteiger partial charge in [0.25, 0.3) is 0 Å². The first-order chi connectivity index (χ1) is 14.2. The lowest BCUT2D eigenvalue weighted by atomic mass is 9.98. The normalized spacial score (nSPS) is 10.7. The van der Waals surface area contributed by atoms with Crippen molar-refractivity contribution >= 4 is 0 Å². The van der Waals surface area contributed by atoms with Crippen LogP contribution in [0.4, 0.5) is 4.39 Å². The van der Waals surface area contributed by atoms with Crippen LogP contribution in [0.5, 0.6) is 0 Å². The summed E-state index contributed by atoms with van der Waals surface area (Å²) in [7, 11) is 0. The van der Waals surface area contributed by atoms with Gasteiger partial charge in [-0.15, -0.1) is 13.2 Å². The minimum absolute atomic E-state index is 0.124. The summed E-state index contributed by atoms with van der Waals surface area (Å²) >= 11 is 0. The highest BCUT2D eigenvalue weighted by Crippen LogP contribution is 2.24. The summed E-state index contributed by atoms with van der Waals surface area (Å²) in [5.74, 6) is -0.124. The van der Waals surface area contributed by atoms with E-state index < -0.39 is 0 Å². The van der Waals surface area contributed by atoms with E-state index in [0.29, 0.717) is 6.42 Å². The van der Waals surface area contributed by atoms with Crippen LogP contribution >= 0.6 is 0 Å². The molecule has 0 bridgehead atoms. The quantitative estimate of drug-likeness (QED) is 0.317. The summed E-state index contributed by atoms with van der Waals surface area (Å²) in [4.78, 5) is 0. The highest BCUT2D eigenvalue weighted by molar-refractivity contribution is 5.64. The Morgan fingerprint density at radius 3 is 1.59 bits per heavy atom. The molecule has 0 heterocycles. The maximum Gasteiger partial charge on any atom is 0.127 e. The Morgan fingerprint density at radius 1 is 0.586 bits per heavy atom. The van der Waals surface area contributed by atoms with E-state index in [1.165, 1.54) is 16.7 Å². The monoisotopic (exact) mass is 384 g/mol. The van der Waals surface area contributed by atoms with E-state index in [9.17, 15) is 4.39 Å². The Kier molecular flexibility index (Phi) is 7.58. The molecule has 1 heteroatoms. The van der Waals surface area contributed by atoms with Gasteiger partial charge in [0.1, 0.15) is 5.82 Å². The van der Waals surface area contributed by atoms with Crippen molar-refractivity contribution in [1.82, 2.24) is 0 Å². The summed E-state index contributed by atoms with van der Waals surface area (Å²) in [6.45, 7) is 7.53. The van der Waals surface area contributed by atoms with Crippen molar-refractivity contribution in [2.24, 2.45) is 0 Å². The van der Waals surface area contributed by atoms with Gasteiger partial charge in [-0.05, 0) is 78.0 Å². The molecule has 148 valence electrons. The van der Waals surface area contributed by atoms with Crippen molar-refractivity contribution in [3.8, 4) is 11.1 Å². The van der Waals surface area contributed by atoms with Crippen molar-refractivity contribution < 1.29 is 4.39 Å². The molecule has 29 heavy (non-hydrogen) atoms. The van der Waals surface area contributed by atoms with E-state index in [2.05, 4.69) is 61.7 Å². The van der Waals surface area contributed by atoms with Gasteiger partial charge < -0.3 is 0 Å². The molecule has 0 nitrogen and oxygen atoms in total. The van der Waals surface area contributed by atoms with Crippen molar-refractivity contribution in [2.45, 2.75) is 38.5 Å². The van der Waals surface area contributed by atoms with Gasteiger partial charge >= 0.3 is 0 Å². The average Bonchev–Trinajstić information content (AvgIpc) is 2.76. The first-order valence-corrected chi connectivity index (χ1v) is 10.4. The largest absolute Gasteiger partial charge is 0.207 e. The van der Waals surface area contributed by atoms with Gasteiger partial charge in [0.05, 0.1) is 0 Å². The SMILES string of the molecule is C=CCCc1ccc(CCc2ccc(-c3ccc(CCC=C)cc3)cc2F)cc1. The minimum atomic E-state index is -0.124. The fourth-order valence-corrected chi connectivity index (χ4v) is 3.48. The summed E-state index contributed by atoms with van der Waals surface area (Å²) in [5, 5.41) is 0. The lowest BCUT2D eigenvalue weighted by Crippen LogP contribution is -1.96. The predicted octanol–water partition coefficient (Wildman–Crippen LogP) is 7.52. The molecular formula is C28H29F. The second-order valence-corrected chi connectivity index (χ2v) is 7.47. The molecule has 0 aliphatic heterocycles. The Balaban J connectivity index is 1.62. The molecule has 3 aromatic carbocycles. The van der Waals surface area contributed by atoms with E-state index in [1.54, 1.807) is 6.07 Å². The van der Waals surface area contributed by atoms with E-state index >= 15 is 0 Å². The number of benzene rings is 3. The molecule has 0 aliphatic rings. The van der Waals surface area contributed by atoms with Crippen molar-refractivity contribution in [1.29, 1.82) is 0 Å². The molecule has 0 atom stereocenters. The zero-order valence-corrected chi connectivity index (χ0v) is 17.0. The summed E-state index contributed by atoms with van der Waals surface area (Å²) in [5.41, 5.74) is 6.58. The summed E-state index contributed by atoms with van der Waals surface area (Å²) in [6, 6.07) is 22.6. The van der Waals surface area contributed by atoms with E-state index in [0.717, 1.165) is 48.8 Å². The van der Waals surface area contributed by atoms with Gasteiger partial charge in [-0.25, -0.2) is 4.39 Å². The van der Waals surface area contributed by atoms with Gasteiger partial charge in [-0.3, -0.25) is 0 Å². The molecule has 0 aliphatic carbocycles. The molecule has 0 aromatic heterocycles. The first kappa shape index (κ1) is 20.8. The highest BCUT2D eigenvalue weighted by atomic mass is 19.1. The standard InChI is InChI=1S/C28H29F/c1-3-5-7-22-9-11-24(12-10-22)15-18-26-19-20-27(21-28(26)29)25-16-13-23(14-17-25)8-6-4-2/h3-4,9-14,16-17,19-21H,1-2,5-8,15,18H2. The number of aryl methyl sites for hydroxylation is 4. The Morgan fingerprint density at radius 2 is 1.07 bits per heavy atom. The number of hydrogen-bond acceptors (Lipinski definition) is 0. The fourth-order valence-electron chi connectivity index (χ4n) is 3.48. The fraction of sp³-hybridized carbons (Fsp3) is 0.214. The predicted molar refractivity (Wildman–Crippen MR) is 123 cm³/mol. The van der Waals surface area contributed by atoms with Crippen LogP contribution in [0.15, 0.2) is 92.0 Å². The molecule has 0 spiro atoms. The maximum absolute atomic E-state index is 14.7. The molecule has 0 saturated heterocycles. The molecular weight excluding hydrogens is 355 g/mol. The third-order valence-electron chi connectivity index (χ3n) is 5.32. The van der Waals surface area contributed by atoms with Crippen LogP contribution in [0, 0.1) is 5.82 Å². The van der Waals surface area contributed by atoms with Crippen LogP contribution in [-0.4, -0.2) is 0 Å². The van der Waals surface area contributed by atoms with Crippen LogP contribution in [0.25, 0.3) is 11.1 Å². The Labute approximate surface area is 174 Å². The third-order valence-corrected chi connectivity index (χ3v) is 5.32. The molecule has 0 N–H and O–H groups in total. The second kappa shape index (κ2) is 10.6. The van der Waals surface area contributed by atoms with Gasteiger partial charge in [0, 0.05) is 0 Å². The molecule has 0 unspecified atom stereocenters. The first-order valence-electron chi connectivity index (χ1n) is 10.4. The van der Waals surface area contributed by atoms with Gasteiger partial charge in [0.15, 0.2) is 0 Å². The molecule has 3 aromatic rings. The number of allylic oxidation sites excluding steroid dienone is 2. The number of halogens is 1. The van der Waals surface area contributed by atoms with Crippen LogP contribution in [0.1, 0.15) is 35.1 Å². The van der Waals surface area contributed by atoms with Crippen molar-refractivity contribution in [2.75, 3.05) is 0 Å². The lowest BCUT2D eigenvalue weighted by molar-refractivity contribution is 0.609. The van der Waals surface area contributed by atoms with Crippen LogP contribution in [0.3, 0.4) is 0 Å². The van der Waals surface area contributed by atoms with E-state index in [4.69, 9.17) is 0 Å². The van der Waals surface area contributed by atoms with Crippen molar-refractivity contribution in [3.63, 3.8) is 0 Å². The number of hydrogen-bond donors (Lipinski definition) is 0. The molecule has 0 radical (unpaired) electrons.